The van der Waals surface area contributed by atoms with E-state index in [1.54, 1.807) is 30.6 Å². The normalized spacial score (nSPS) is 12.5. The molecule has 39 heavy (non-hydrogen) atoms. The predicted octanol–water partition coefficient (Wildman–Crippen LogP) is 4.84. The Hall–Kier alpha value is -3.78. The van der Waals surface area contributed by atoms with Crippen LogP contribution < -0.4 is 10.2 Å². The lowest BCUT2D eigenvalue weighted by molar-refractivity contribution is -0.145. The number of rotatable bonds is 11. The molecule has 0 bridgehead atoms. The number of nitrogens with zero attached hydrogens (tertiary/aromatic N) is 5. The number of carbonyl (C=O) groups excluding carboxylic acids is 2. The molecule has 1 aliphatic rings. The number of amides is 2. The maximum absolute atomic E-state index is 13.5. The molecule has 2 amide bonds. The van der Waals surface area contributed by atoms with Crippen molar-refractivity contribution in [3.8, 4) is 11.3 Å². The zero-order valence-electron chi connectivity index (χ0n) is 22.9. The lowest BCUT2D eigenvalue weighted by Gasteiger charge is -2.32. The first-order chi connectivity index (χ1) is 18.3. The number of fused-ring (bicyclic) bond motifs is 1. The summed E-state index contributed by atoms with van der Waals surface area (Å²) in [6, 6.07) is 14.2. The first kappa shape index (κ1) is 29.8. The van der Waals surface area contributed by atoms with Crippen LogP contribution >= 0.6 is 0 Å². The summed E-state index contributed by atoms with van der Waals surface area (Å²) < 4.78 is 0. The van der Waals surface area contributed by atoms with Gasteiger partial charge in [0.2, 0.25) is 5.91 Å². The van der Waals surface area contributed by atoms with Gasteiger partial charge >= 0.3 is 0 Å². The number of anilines is 1. The Morgan fingerprint density at radius 1 is 1.05 bits per heavy atom. The molecule has 2 heterocycles. The van der Waals surface area contributed by atoms with Gasteiger partial charge in [-0.15, -0.1) is 0 Å². The monoisotopic (exact) mass is 530 g/mol. The third-order valence-electron chi connectivity index (χ3n) is 6.96. The second-order valence-electron chi connectivity index (χ2n) is 10.3. The summed E-state index contributed by atoms with van der Waals surface area (Å²) in [5.41, 5.74) is 5.91. The minimum absolute atomic E-state index is 0. The van der Waals surface area contributed by atoms with E-state index >= 15 is 0 Å². The molecule has 3 aromatic rings. The average molecular weight is 531 g/mol. The zero-order valence-corrected chi connectivity index (χ0v) is 22.9. The minimum atomic E-state index is -0.0953. The van der Waals surface area contributed by atoms with Crippen molar-refractivity contribution < 1.29 is 9.59 Å². The largest absolute Gasteiger partial charge is 0.355 e. The van der Waals surface area contributed by atoms with Crippen LogP contribution in [-0.4, -0.2) is 58.5 Å². The SMILES string of the molecule is C.Cc1ccc(-c2cnccn2)cc1N(CC(=O)NCCCC(C)C)CC(=O)N(C)N1Cc2ccccc2C1. The number of hydrogen-bond donors (Lipinski definition) is 1. The Labute approximate surface area is 233 Å². The van der Waals surface area contributed by atoms with Crippen LogP contribution in [0.15, 0.2) is 61.1 Å². The molecular weight excluding hydrogens is 488 g/mol. The van der Waals surface area contributed by atoms with Gasteiger partial charge in [-0.25, -0.2) is 5.01 Å². The van der Waals surface area contributed by atoms with Gasteiger partial charge in [-0.1, -0.05) is 57.7 Å². The molecule has 0 fully saturated rings. The topological polar surface area (TPSA) is 81.7 Å². The highest BCUT2D eigenvalue weighted by molar-refractivity contribution is 5.87. The van der Waals surface area contributed by atoms with Gasteiger partial charge < -0.3 is 10.2 Å². The molecule has 1 N–H and O–H groups in total. The first-order valence-electron chi connectivity index (χ1n) is 13.3. The van der Waals surface area contributed by atoms with Crippen molar-refractivity contribution in [1.29, 1.82) is 0 Å². The summed E-state index contributed by atoms with van der Waals surface area (Å²) in [4.78, 5) is 37.0. The Morgan fingerprint density at radius 2 is 1.77 bits per heavy atom. The van der Waals surface area contributed by atoms with E-state index in [2.05, 4.69) is 41.3 Å². The minimum Gasteiger partial charge on any atom is -0.355 e. The van der Waals surface area contributed by atoms with E-state index in [1.807, 2.05) is 47.2 Å². The molecule has 0 atom stereocenters. The number of hydrazine groups is 1. The van der Waals surface area contributed by atoms with Crippen LogP contribution in [0.4, 0.5) is 5.69 Å². The van der Waals surface area contributed by atoms with Gasteiger partial charge in [0.05, 0.1) is 25.0 Å². The summed E-state index contributed by atoms with van der Waals surface area (Å²) >= 11 is 0. The predicted molar refractivity (Wildman–Crippen MR) is 157 cm³/mol. The molecule has 0 spiro atoms. The molecule has 0 unspecified atom stereocenters. The third-order valence-corrected chi connectivity index (χ3v) is 6.96. The summed E-state index contributed by atoms with van der Waals surface area (Å²) in [6.45, 7) is 8.53. The number of nitrogens with one attached hydrogen (secondary N) is 1. The zero-order chi connectivity index (χ0) is 27.1. The fraction of sp³-hybridized carbons (Fsp3) is 0.419. The number of benzene rings is 2. The van der Waals surface area contributed by atoms with Crippen molar-refractivity contribution in [2.45, 2.75) is 54.1 Å². The van der Waals surface area contributed by atoms with Crippen LogP contribution in [0, 0.1) is 12.8 Å². The van der Waals surface area contributed by atoms with Crippen LogP contribution in [0.1, 0.15) is 50.8 Å². The summed E-state index contributed by atoms with van der Waals surface area (Å²) in [5.74, 6) is 0.427. The lowest BCUT2D eigenvalue weighted by atomic mass is 10.1. The molecule has 0 saturated carbocycles. The van der Waals surface area contributed by atoms with Gasteiger partial charge in [0.25, 0.3) is 5.91 Å². The summed E-state index contributed by atoms with van der Waals surface area (Å²) in [7, 11) is 1.81. The van der Waals surface area contributed by atoms with Crippen molar-refractivity contribution in [2.24, 2.45) is 5.92 Å². The molecule has 1 aliphatic heterocycles. The Bertz CT molecular complexity index is 1220. The van der Waals surface area contributed by atoms with Crippen molar-refractivity contribution >= 4 is 17.5 Å². The summed E-state index contributed by atoms with van der Waals surface area (Å²) in [5, 5.41) is 6.77. The molecule has 208 valence electrons. The average Bonchev–Trinajstić information content (AvgIpc) is 3.35. The number of carbonyl (C=O) groups is 2. The standard InChI is InChI=1S/C30H38N6O2.CH4/c1-22(2)8-7-13-33-29(37)20-35(28-16-24(12-11-23(28)3)27-17-31-14-15-32-27)21-30(38)34(4)36-18-25-9-5-6-10-26(25)19-36;/h5-6,9-12,14-17,22H,7-8,13,18-21H2,1-4H3,(H,33,37);1H4. The molecule has 0 radical (unpaired) electrons. The van der Waals surface area contributed by atoms with E-state index in [1.165, 1.54) is 11.1 Å². The van der Waals surface area contributed by atoms with E-state index in [0.29, 0.717) is 25.6 Å². The molecule has 1 aromatic heterocycles. The van der Waals surface area contributed by atoms with Gasteiger partial charge in [0.15, 0.2) is 0 Å². The van der Waals surface area contributed by atoms with Crippen LogP contribution in [0.2, 0.25) is 0 Å². The van der Waals surface area contributed by atoms with Gasteiger partial charge in [0, 0.05) is 50.3 Å². The van der Waals surface area contributed by atoms with Crippen molar-refractivity contribution in [2.75, 3.05) is 31.6 Å². The molecule has 0 aliphatic carbocycles. The Kier molecular flexibility index (Phi) is 10.6. The van der Waals surface area contributed by atoms with E-state index in [0.717, 1.165) is 35.3 Å². The molecular formula is C31H42N6O2. The highest BCUT2D eigenvalue weighted by Crippen LogP contribution is 2.28. The number of aryl methyl sites for hydroxylation is 1. The van der Waals surface area contributed by atoms with Crippen LogP contribution in [0.5, 0.6) is 0 Å². The van der Waals surface area contributed by atoms with E-state index in [9.17, 15) is 9.59 Å². The number of hydrogen-bond acceptors (Lipinski definition) is 6. The quantitative estimate of drug-likeness (QED) is 0.358. The molecule has 4 rings (SSSR count). The van der Waals surface area contributed by atoms with Gasteiger partial charge in [-0.3, -0.25) is 24.6 Å². The number of aromatic nitrogens is 2. The second kappa shape index (κ2) is 13.8. The summed E-state index contributed by atoms with van der Waals surface area (Å²) in [6.07, 6.45) is 7.00. The van der Waals surface area contributed by atoms with Gasteiger partial charge in [0.1, 0.15) is 0 Å². The number of likely N-dealkylation sites (N-methyl/N-ethyl adjacent to an activating group) is 1. The van der Waals surface area contributed by atoms with E-state index < -0.39 is 0 Å². The van der Waals surface area contributed by atoms with Gasteiger partial charge in [-0.05, 0) is 48.4 Å². The smallest absolute Gasteiger partial charge is 0.256 e. The third kappa shape index (κ3) is 7.86. The second-order valence-corrected chi connectivity index (χ2v) is 10.3. The molecule has 8 nitrogen and oxygen atoms in total. The van der Waals surface area contributed by atoms with Crippen molar-refractivity contribution in [1.82, 2.24) is 25.3 Å². The molecule has 2 aromatic carbocycles. The maximum Gasteiger partial charge on any atom is 0.256 e. The van der Waals surface area contributed by atoms with E-state index in [-0.39, 0.29) is 32.3 Å². The lowest BCUT2D eigenvalue weighted by Crippen LogP contribution is -2.48. The fourth-order valence-electron chi connectivity index (χ4n) is 4.70. The van der Waals surface area contributed by atoms with Crippen LogP contribution in [0.3, 0.4) is 0 Å². The first-order valence-corrected chi connectivity index (χ1v) is 13.3. The van der Waals surface area contributed by atoms with Crippen molar-refractivity contribution in [3.63, 3.8) is 0 Å². The highest BCUT2D eigenvalue weighted by atomic mass is 16.2. The Balaban J connectivity index is 0.00000420. The van der Waals surface area contributed by atoms with Crippen LogP contribution in [-0.2, 0) is 22.7 Å². The molecule has 8 heteroatoms. The molecule has 0 saturated heterocycles. The van der Waals surface area contributed by atoms with E-state index in [4.69, 9.17) is 0 Å². The van der Waals surface area contributed by atoms with Gasteiger partial charge in [-0.2, -0.15) is 0 Å². The van der Waals surface area contributed by atoms with Crippen molar-refractivity contribution in [3.05, 3.63) is 77.7 Å². The maximum atomic E-state index is 13.5. The fourth-order valence-corrected chi connectivity index (χ4v) is 4.70. The highest BCUT2D eigenvalue weighted by Gasteiger charge is 2.27. The Morgan fingerprint density at radius 3 is 2.41 bits per heavy atom. The van der Waals surface area contributed by atoms with Crippen LogP contribution in [0.25, 0.3) is 11.3 Å².